The first kappa shape index (κ1) is 12.4. The SMILES string of the molecule is CC(O)CC1(CC(C)O)C=CC(=O)CC1. The van der Waals surface area contributed by atoms with Crippen LogP contribution in [0.3, 0.4) is 0 Å². The Bertz CT molecular complexity index is 244. The maximum absolute atomic E-state index is 11.1. The monoisotopic (exact) mass is 212 g/mol. The van der Waals surface area contributed by atoms with Crippen molar-refractivity contribution in [2.24, 2.45) is 5.41 Å². The number of carbonyl (C=O) groups excluding carboxylic acids is 1. The first-order valence-electron chi connectivity index (χ1n) is 5.52. The highest BCUT2D eigenvalue weighted by Crippen LogP contribution is 2.39. The van der Waals surface area contributed by atoms with Crippen LogP contribution in [-0.2, 0) is 4.79 Å². The highest BCUT2D eigenvalue weighted by molar-refractivity contribution is 5.90. The van der Waals surface area contributed by atoms with Crippen LogP contribution >= 0.6 is 0 Å². The topological polar surface area (TPSA) is 57.5 Å². The quantitative estimate of drug-likeness (QED) is 0.741. The molecule has 0 aromatic carbocycles. The van der Waals surface area contributed by atoms with Crippen molar-refractivity contribution in [2.75, 3.05) is 0 Å². The molecule has 1 aliphatic rings. The Kier molecular flexibility index (Phi) is 4.05. The van der Waals surface area contributed by atoms with Crippen molar-refractivity contribution in [3.63, 3.8) is 0 Å². The highest BCUT2D eigenvalue weighted by atomic mass is 16.3. The van der Waals surface area contributed by atoms with Gasteiger partial charge in [-0.1, -0.05) is 6.08 Å². The van der Waals surface area contributed by atoms with Crippen LogP contribution in [0.2, 0.25) is 0 Å². The Morgan fingerprint density at radius 1 is 1.33 bits per heavy atom. The number of hydrogen-bond donors (Lipinski definition) is 2. The molecular weight excluding hydrogens is 192 g/mol. The van der Waals surface area contributed by atoms with E-state index in [-0.39, 0.29) is 11.2 Å². The van der Waals surface area contributed by atoms with E-state index in [1.165, 1.54) is 0 Å². The first-order valence-corrected chi connectivity index (χ1v) is 5.52. The lowest BCUT2D eigenvalue weighted by Crippen LogP contribution is -2.30. The van der Waals surface area contributed by atoms with Gasteiger partial charge in [0.1, 0.15) is 0 Å². The molecule has 0 saturated heterocycles. The fourth-order valence-electron chi connectivity index (χ4n) is 2.41. The molecule has 1 rings (SSSR count). The number of rotatable bonds is 4. The van der Waals surface area contributed by atoms with Gasteiger partial charge in [-0.2, -0.15) is 0 Å². The first-order chi connectivity index (χ1) is 6.93. The molecule has 86 valence electrons. The van der Waals surface area contributed by atoms with Gasteiger partial charge in [-0.3, -0.25) is 4.79 Å². The van der Waals surface area contributed by atoms with Gasteiger partial charge in [-0.25, -0.2) is 0 Å². The summed E-state index contributed by atoms with van der Waals surface area (Å²) >= 11 is 0. The average Bonchev–Trinajstić information content (AvgIpc) is 2.08. The third kappa shape index (κ3) is 3.76. The van der Waals surface area contributed by atoms with Crippen molar-refractivity contribution < 1.29 is 15.0 Å². The van der Waals surface area contributed by atoms with Crippen LogP contribution in [0.1, 0.15) is 39.5 Å². The Morgan fingerprint density at radius 3 is 2.20 bits per heavy atom. The smallest absolute Gasteiger partial charge is 0.155 e. The molecule has 0 aromatic rings. The summed E-state index contributed by atoms with van der Waals surface area (Å²) in [5, 5.41) is 18.9. The van der Waals surface area contributed by atoms with E-state index < -0.39 is 12.2 Å². The lowest BCUT2D eigenvalue weighted by atomic mass is 9.71. The second-order valence-corrected chi connectivity index (χ2v) is 4.77. The van der Waals surface area contributed by atoms with Crippen LogP contribution in [0.4, 0.5) is 0 Å². The zero-order chi connectivity index (χ0) is 11.5. The standard InChI is InChI=1S/C12H20O3/c1-9(13)7-12(8-10(2)14)5-3-11(15)4-6-12/h3,5,9-10,13-14H,4,6-8H2,1-2H3. The Labute approximate surface area is 90.8 Å². The molecule has 2 unspecified atom stereocenters. The number of aliphatic hydroxyl groups is 2. The largest absolute Gasteiger partial charge is 0.393 e. The minimum absolute atomic E-state index is 0.141. The molecule has 0 saturated carbocycles. The van der Waals surface area contributed by atoms with Gasteiger partial charge in [0.15, 0.2) is 5.78 Å². The van der Waals surface area contributed by atoms with Gasteiger partial charge in [-0.15, -0.1) is 0 Å². The molecule has 1 aliphatic carbocycles. The van der Waals surface area contributed by atoms with Gasteiger partial charge in [-0.05, 0) is 44.6 Å². The van der Waals surface area contributed by atoms with E-state index in [9.17, 15) is 15.0 Å². The number of ketones is 1. The van der Waals surface area contributed by atoms with Crippen LogP contribution < -0.4 is 0 Å². The van der Waals surface area contributed by atoms with Gasteiger partial charge in [0.25, 0.3) is 0 Å². The second-order valence-electron chi connectivity index (χ2n) is 4.77. The predicted molar refractivity (Wildman–Crippen MR) is 58.4 cm³/mol. The third-order valence-electron chi connectivity index (χ3n) is 2.90. The van der Waals surface area contributed by atoms with Crippen LogP contribution in [0, 0.1) is 5.41 Å². The molecular formula is C12H20O3. The van der Waals surface area contributed by atoms with Crippen molar-refractivity contribution in [3.05, 3.63) is 12.2 Å². The molecule has 2 atom stereocenters. The Morgan fingerprint density at radius 2 is 1.87 bits per heavy atom. The molecule has 15 heavy (non-hydrogen) atoms. The maximum Gasteiger partial charge on any atom is 0.155 e. The average molecular weight is 212 g/mol. The van der Waals surface area contributed by atoms with Gasteiger partial charge in [0.2, 0.25) is 0 Å². The summed E-state index contributed by atoms with van der Waals surface area (Å²) in [6.07, 6.45) is 5.15. The molecule has 0 radical (unpaired) electrons. The molecule has 0 heterocycles. The zero-order valence-electron chi connectivity index (χ0n) is 9.44. The molecule has 0 aromatic heterocycles. The molecule has 0 bridgehead atoms. The van der Waals surface area contributed by atoms with Crippen LogP contribution in [0.15, 0.2) is 12.2 Å². The van der Waals surface area contributed by atoms with Gasteiger partial charge in [0.05, 0.1) is 12.2 Å². The maximum atomic E-state index is 11.1. The third-order valence-corrected chi connectivity index (χ3v) is 2.90. The van der Waals surface area contributed by atoms with E-state index in [2.05, 4.69) is 0 Å². The summed E-state index contributed by atoms with van der Waals surface area (Å²) in [6, 6.07) is 0. The molecule has 3 heteroatoms. The normalized spacial score (nSPS) is 30.3. The summed E-state index contributed by atoms with van der Waals surface area (Å²) < 4.78 is 0. The Hall–Kier alpha value is -0.670. The van der Waals surface area contributed by atoms with Gasteiger partial charge >= 0.3 is 0 Å². The Balaban J connectivity index is 2.77. The van der Waals surface area contributed by atoms with Crippen molar-refractivity contribution in [3.8, 4) is 0 Å². The molecule has 0 fully saturated rings. The van der Waals surface area contributed by atoms with Crippen molar-refractivity contribution in [1.82, 2.24) is 0 Å². The van der Waals surface area contributed by atoms with Crippen molar-refractivity contribution in [2.45, 2.75) is 51.7 Å². The number of hydrogen-bond acceptors (Lipinski definition) is 3. The van der Waals surface area contributed by atoms with Crippen molar-refractivity contribution >= 4 is 5.78 Å². The second kappa shape index (κ2) is 4.90. The zero-order valence-corrected chi connectivity index (χ0v) is 9.44. The van der Waals surface area contributed by atoms with E-state index >= 15 is 0 Å². The predicted octanol–water partition coefficient (Wildman–Crippen LogP) is 1.43. The number of carbonyl (C=O) groups is 1. The lowest BCUT2D eigenvalue weighted by molar-refractivity contribution is -0.116. The summed E-state index contributed by atoms with van der Waals surface area (Å²) in [4.78, 5) is 11.1. The molecule has 2 N–H and O–H groups in total. The van der Waals surface area contributed by atoms with Gasteiger partial charge < -0.3 is 10.2 Å². The highest BCUT2D eigenvalue weighted by Gasteiger charge is 2.33. The van der Waals surface area contributed by atoms with Crippen molar-refractivity contribution in [1.29, 1.82) is 0 Å². The van der Waals surface area contributed by atoms with E-state index in [4.69, 9.17) is 0 Å². The van der Waals surface area contributed by atoms with Crippen LogP contribution in [0.5, 0.6) is 0 Å². The van der Waals surface area contributed by atoms with Gasteiger partial charge in [0, 0.05) is 6.42 Å². The van der Waals surface area contributed by atoms with E-state index in [1.54, 1.807) is 19.9 Å². The minimum Gasteiger partial charge on any atom is -0.393 e. The van der Waals surface area contributed by atoms with E-state index in [0.29, 0.717) is 19.3 Å². The van der Waals surface area contributed by atoms with E-state index in [1.807, 2.05) is 6.08 Å². The fourth-order valence-corrected chi connectivity index (χ4v) is 2.41. The number of aliphatic hydroxyl groups excluding tert-OH is 2. The molecule has 0 amide bonds. The lowest BCUT2D eigenvalue weighted by Gasteiger charge is -2.35. The molecule has 0 spiro atoms. The molecule has 3 nitrogen and oxygen atoms in total. The van der Waals surface area contributed by atoms with Crippen LogP contribution in [-0.4, -0.2) is 28.2 Å². The fraction of sp³-hybridized carbons (Fsp3) is 0.750. The summed E-state index contributed by atoms with van der Waals surface area (Å²) in [6.45, 7) is 3.49. The summed E-state index contributed by atoms with van der Waals surface area (Å²) in [7, 11) is 0. The number of allylic oxidation sites excluding steroid dienone is 2. The molecule has 0 aliphatic heterocycles. The van der Waals surface area contributed by atoms with Crippen LogP contribution in [0.25, 0.3) is 0 Å². The van der Waals surface area contributed by atoms with E-state index in [0.717, 1.165) is 6.42 Å². The summed E-state index contributed by atoms with van der Waals surface area (Å²) in [5.41, 5.74) is -0.198. The minimum atomic E-state index is -0.401. The summed E-state index contributed by atoms with van der Waals surface area (Å²) in [5.74, 6) is 0.141.